The zero-order valence-corrected chi connectivity index (χ0v) is 32.2. The molecule has 0 spiro atoms. The molecule has 266 valence electrons. The average Bonchev–Trinajstić information content (AvgIpc) is 3.11. The molecule has 0 saturated carbocycles. The Morgan fingerprint density at radius 1 is 0.660 bits per heavy atom. The topological polar surface area (TPSA) is 63.2 Å². The molecule has 0 aromatic heterocycles. The fourth-order valence-corrected chi connectivity index (χ4v) is 11.8. The van der Waals surface area contributed by atoms with Gasteiger partial charge in [0.2, 0.25) is 0 Å². The van der Waals surface area contributed by atoms with Crippen molar-refractivity contribution in [2.75, 3.05) is 12.9 Å². The van der Waals surface area contributed by atoms with Crippen LogP contribution in [0.5, 0.6) is 0 Å². The summed E-state index contributed by atoms with van der Waals surface area (Å²) >= 11 is 1.50. The predicted octanol–water partition coefficient (Wildman–Crippen LogP) is 7.78. The van der Waals surface area contributed by atoms with E-state index in [0.29, 0.717) is 13.2 Å². The minimum absolute atomic E-state index is 0.225. The summed E-state index contributed by atoms with van der Waals surface area (Å²) in [4.78, 5) is 13.5. The Morgan fingerprint density at radius 2 is 1.10 bits per heavy atom. The van der Waals surface area contributed by atoms with Gasteiger partial charge in [-0.15, -0.1) is 11.8 Å². The minimum atomic E-state index is -2.91. The molecule has 50 heavy (non-hydrogen) atoms. The van der Waals surface area contributed by atoms with E-state index in [-0.39, 0.29) is 17.6 Å². The number of carbonyl (C=O) groups excluding carboxylic acids is 1. The molecule has 0 radical (unpaired) electrons. The van der Waals surface area contributed by atoms with Crippen molar-refractivity contribution in [2.45, 2.75) is 89.6 Å². The molecule has 1 heterocycles. The van der Waals surface area contributed by atoms with Crippen LogP contribution >= 0.6 is 11.8 Å². The molecule has 1 aliphatic rings. The average molecular weight is 713 g/mol. The van der Waals surface area contributed by atoms with Crippen molar-refractivity contribution < 1.29 is 28.2 Å². The molecular formula is C42H52O6SSi. The highest BCUT2D eigenvalue weighted by atomic mass is 32.2. The maximum Gasteiger partial charge on any atom is 0.311 e. The largest absolute Gasteiger partial charge is 0.455 e. The van der Waals surface area contributed by atoms with Gasteiger partial charge in [0.1, 0.15) is 23.7 Å². The highest BCUT2D eigenvalue weighted by molar-refractivity contribution is 7.99. The molecule has 0 bridgehead atoms. The summed E-state index contributed by atoms with van der Waals surface area (Å²) in [6, 6.07) is 41.3. The number of carbonyl (C=O) groups is 1. The summed E-state index contributed by atoms with van der Waals surface area (Å²) in [5, 5.41) is 2.15. The molecule has 5 atom stereocenters. The lowest BCUT2D eigenvalue weighted by molar-refractivity contribution is -0.248. The van der Waals surface area contributed by atoms with E-state index in [1.807, 2.05) is 99.8 Å². The van der Waals surface area contributed by atoms with Gasteiger partial charge >= 0.3 is 5.97 Å². The lowest BCUT2D eigenvalue weighted by Crippen LogP contribution is -2.68. The van der Waals surface area contributed by atoms with Crippen molar-refractivity contribution in [2.24, 2.45) is 5.41 Å². The van der Waals surface area contributed by atoms with Gasteiger partial charge in [0.05, 0.1) is 25.2 Å². The quantitative estimate of drug-likeness (QED) is 0.104. The molecule has 4 aromatic carbocycles. The highest BCUT2D eigenvalue weighted by Gasteiger charge is 2.54. The monoisotopic (exact) mass is 712 g/mol. The van der Waals surface area contributed by atoms with E-state index in [4.69, 9.17) is 23.4 Å². The van der Waals surface area contributed by atoms with Crippen molar-refractivity contribution in [1.29, 1.82) is 0 Å². The van der Waals surface area contributed by atoms with Gasteiger partial charge in [-0.2, -0.15) is 0 Å². The van der Waals surface area contributed by atoms with E-state index in [9.17, 15) is 4.79 Å². The Labute approximate surface area is 304 Å². The fraction of sp³-hybridized carbons (Fsp3) is 0.405. The van der Waals surface area contributed by atoms with Gasteiger partial charge < -0.3 is 23.4 Å². The molecule has 2 unspecified atom stereocenters. The molecule has 4 aromatic rings. The summed E-state index contributed by atoms with van der Waals surface area (Å²) in [7, 11) is -2.91. The number of hydrogen-bond donors (Lipinski definition) is 0. The Hall–Kier alpha value is -3.24. The molecule has 1 aliphatic heterocycles. The molecule has 0 N–H and O–H groups in total. The maximum absolute atomic E-state index is 13.5. The van der Waals surface area contributed by atoms with Gasteiger partial charge in [0, 0.05) is 0 Å². The first-order chi connectivity index (χ1) is 23.9. The third-order valence-corrected chi connectivity index (χ3v) is 15.0. The Kier molecular flexibility index (Phi) is 12.8. The van der Waals surface area contributed by atoms with Crippen LogP contribution in [0.3, 0.4) is 0 Å². The van der Waals surface area contributed by atoms with E-state index in [1.165, 1.54) is 22.1 Å². The molecule has 1 saturated heterocycles. The van der Waals surface area contributed by atoms with Crippen molar-refractivity contribution in [3.8, 4) is 0 Å². The van der Waals surface area contributed by atoms with Gasteiger partial charge in [-0.05, 0) is 53.6 Å². The molecule has 5 rings (SSSR count). The first kappa shape index (κ1) is 38.0. The number of esters is 1. The van der Waals surface area contributed by atoms with Crippen molar-refractivity contribution in [1.82, 2.24) is 0 Å². The lowest BCUT2D eigenvalue weighted by atomic mass is 9.95. The summed E-state index contributed by atoms with van der Waals surface area (Å²) in [5.41, 5.74) is 0.821. The van der Waals surface area contributed by atoms with E-state index < -0.39 is 43.6 Å². The van der Waals surface area contributed by atoms with Crippen molar-refractivity contribution in [3.05, 3.63) is 132 Å². The van der Waals surface area contributed by atoms with Crippen LogP contribution in [0, 0.1) is 5.41 Å². The SMILES string of the molecule is CS[C@@H]1OC(CO[Si](c2ccccc2)(c2ccccc2)C(C)(C)C)[C@H](OCc2ccccc2)[C@H](OCc2ccccc2)C1OC(=O)C(C)(C)C. The van der Waals surface area contributed by atoms with Gasteiger partial charge in [0.15, 0.2) is 6.10 Å². The molecule has 0 aliphatic carbocycles. The Balaban J connectivity index is 1.56. The van der Waals surface area contributed by atoms with Crippen LogP contribution in [-0.2, 0) is 41.4 Å². The van der Waals surface area contributed by atoms with Crippen LogP contribution in [0.4, 0.5) is 0 Å². The number of hydrogen-bond acceptors (Lipinski definition) is 7. The van der Waals surface area contributed by atoms with Crippen LogP contribution in [0.1, 0.15) is 52.7 Å². The van der Waals surface area contributed by atoms with Crippen LogP contribution in [0.2, 0.25) is 5.04 Å². The molecule has 6 nitrogen and oxygen atoms in total. The van der Waals surface area contributed by atoms with Crippen molar-refractivity contribution in [3.63, 3.8) is 0 Å². The summed E-state index contributed by atoms with van der Waals surface area (Å²) in [5.74, 6) is -0.317. The maximum atomic E-state index is 13.5. The second-order valence-electron chi connectivity index (χ2n) is 14.9. The summed E-state index contributed by atoms with van der Waals surface area (Å²) in [6.45, 7) is 13.3. The normalized spacial score (nSPS) is 21.5. The van der Waals surface area contributed by atoms with E-state index >= 15 is 0 Å². The van der Waals surface area contributed by atoms with Crippen LogP contribution in [0.15, 0.2) is 121 Å². The zero-order valence-electron chi connectivity index (χ0n) is 30.4. The Morgan fingerprint density at radius 3 is 1.52 bits per heavy atom. The second-order valence-corrected chi connectivity index (χ2v) is 20.1. The Bertz CT molecular complexity index is 1570. The van der Waals surface area contributed by atoms with Gasteiger partial charge in [-0.25, -0.2) is 0 Å². The third-order valence-electron chi connectivity index (χ3n) is 9.13. The lowest BCUT2D eigenvalue weighted by Gasteiger charge is -2.48. The number of rotatable bonds is 13. The zero-order chi connectivity index (χ0) is 35.8. The summed E-state index contributed by atoms with van der Waals surface area (Å²) < 4.78 is 34.2. The van der Waals surface area contributed by atoms with Gasteiger partial charge in [-0.1, -0.05) is 142 Å². The van der Waals surface area contributed by atoms with Crippen molar-refractivity contribution >= 4 is 36.4 Å². The second kappa shape index (κ2) is 16.8. The van der Waals surface area contributed by atoms with E-state index in [0.717, 1.165) is 11.1 Å². The molecular weight excluding hydrogens is 661 g/mol. The third kappa shape index (κ3) is 8.97. The van der Waals surface area contributed by atoms with Crippen LogP contribution in [0.25, 0.3) is 0 Å². The first-order valence-electron chi connectivity index (χ1n) is 17.4. The molecule has 0 amide bonds. The smallest absolute Gasteiger partial charge is 0.311 e. The fourth-order valence-electron chi connectivity index (χ4n) is 6.52. The van der Waals surface area contributed by atoms with Crippen LogP contribution in [-0.4, -0.2) is 57.0 Å². The number of benzene rings is 4. The standard InChI is InChI=1S/C42H52O6SSi/c1-41(2,3)40(43)48-38-37(45-29-32-22-14-9-15-23-32)36(44-28-31-20-12-8-13-21-31)35(47-39(38)49-7)30-46-50(42(4,5)6,33-24-16-10-17-25-33)34-26-18-11-19-27-34/h8-27,35-39H,28-30H2,1-7H3/t35?,36-,37-,38?,39-/m0/s1. The predicted molar refractivity (Wildman–Crippen MR) is 205 cm³/mol. The van der Waals surface area contributed by atoms with E-state index in [1.54, 1.807) is 0 Å². The number of ether oxygens (including phenoxy) is 4. The highest BCUT2D eigenvalue weighted by Crippen LogP contribution is 2.39. The molecule has 1 fully saturated rings. The van der Waals surface area contributed by atoms with E-state index in [2.05, 4.69) is 69.3 Å². The van der Waals surface area contributed by atoms with Crippen LogP contribution < -0.4 is 10.4 Å². The van der Waals surface area contributed by atoms with Gasteiger partial charge in [-0.3, -0.25) is 4.79 Å². The summed E-state index contributed by atoms with van der Waals surface area (Å²) in [6.07, 6.45) is -0.516. The van der Waals surface area contributed by atoms with Gasteiger partial charge in [0.25, 0.3) is 8.32 Å². The molecule has 8 heteroatoms. The first-order valence-corrected chi connectivity index (χ1v) is 20.6. The number of thioether (sulfide) groups is 1. The minimum Gasteiger partial charge on any atom is -0.455 e.